The van der Waals surface area contributed by atoms with Crippen LogP contribution in [0.5, 0.6) is 0 Å². The number of hydrogen-bond donors (Lipinski definition) is 0. The lowest BCUT2D eigenvalue weighted by Crippen LogP contribution is -2.19. The van der Waals surface area contributed by atoms with Crippen LogP contribution in [0, 0.1) is 22.7 Å². The van der Waals surface area contributed by atoms with Crippen LogP contribution in [0.1, 0.15) is 81.1 Å². The molecule has 0 heterocycles. The highest BCUT2D eigenvalue weighted by molar-refractivity contribution is 4.70. The van der Waals surface area contributed by atoms with E-state index < -0.39 is 0 Å². The van der Waals surface area contributed by atoms with Crippen molar-refractivity contribution in [1.29, 1.82) is 0 Å². The third-order valence-corrected chi connectivity index (χ3v) is 3.73. The van der Waals surface area contributed by atoms with Gasteiger partial charge in [-0.2, -0.15) is 0 Å². The summed E-state index contributed by atoms with van der Waals surface area (Å²) in [4.78, 5) is 10.7. The Labute approximate surface area is 127 Å². The number of hydrogen-bond acceptors (Lipinski definition) is 2. The predicted octanol–water partition coefficient (Wildman–Crippen LogP) is 5.86. The highest BCUT2D eigenvalue weighted by Crippen LogP contribution is 2.30. The Bertz CT molecular complexity index is 216. The van der Waals surface area contributed by atoms with Crippen molar-refractivity contribution in [2.45, 2.75) is 81.1 Å². The minimum absolute atomic E-state index is 0.342. The topological polar surface area (TPSA) is 18.5 Å². The Morgan fingerprint density at radius 1 is 0.650 bits per heavy atom. The van der Waals surface area contributed by atoms with Crippen molar-refractivity contribution in [3.05, 3.63) is 0 Å². The van der Waals surface area contributed by atoms with E-state index in [0.29, 0.717) is 24.0 Å². The van der Waals surface area contributed by atoms with Crippen LogP contribution in [0.4, 0.5) is 0 Å². The summed E-state index contributed by atoms with van der Waals surface area (Å²) in [5, 5.41) is 0. The second-order valence-corrected chi connectivity index (χ2v) is 8.67. The van der Waals surface area contributed by atoms with Gasteiger partial charge in [-0.15, -0.1) is 0 Å². The van der Waals surface area contributed by atoms with Gasteiger partial charge in [0.05, 0.1) is 13.2 Å². The van der Waals surface area contributed by atoms with E-state index in [4.69, 9.17) is 9.78 Å². The smallest absolute Gasteiger partial charge is 0.0827 e. The lowest BCUT2D eigenvalue weighted by molar-refractivity contribution is -0.300. The Morgan fingerprint density at radius 2 is 0.950 bits per heavy atom. The Morgan fingerprint density at radius 3 is 1.20 bits per heavy atom. The SMILES string of the molecule is CC(C)CC(C)(C)CCOOCCC(C)(C)CC(C)C. The molecule has 0 fully saturated rings. The largest absolute Gasteiger partial charge is 0.237 e. The summed E-state index contributed by atoms with van der Waals surface area (Å²) in [6.07, 6.45) is 4.58. The van der Waals surface area contributed by atoms with Crippen molar-refractivity contribution >= 4 is 0 Å². The van der Waals surface area contributed by atoms with Gasteiger partial charge in [0, 0.05) is 0 Å². The highest BCUT2D eigenvalue weighted by Gasteiger charge is 2.20. The van der Waals surface area contributed by atoms with Gasteiger partial charge in [-0.3, -0.25) is 0 Å². The van der Waals surface area contributed by atoms with Crippen LogP contribution >= 0.6 is 0 Å². The minimum atomic E-state index is 0.342. The molecule has 0 aromatic heterocycles. The summed E-state index contributed by atoms with van der Waals surface area (Å²) in [6.45, 7) is 19.7. The van der Waals surface area contributed by atoms with E-state index in [1.807, 2.05) is 0 Å². The summed E-state index contributed by atoms with van der Waals surface area (Å²) in [7, 11) is 0. The van der Waals surface area contributed by atoms with Crippen LogP contribution in [-0.4, -0.2) is 13.2 Å². The summed E-state index contributed by atoms with van der Waals surface area (Å²) in [5.74, 6) is 1.48. The molecule has 0 aliphatic heterocycles. The van der Waals surface area contributed by atoms with E-state index >= 15 is 0 Å². The van der Waals surface area contributed by atoms with Crippen molar-refractivity contribution in [2.24, 2.45) is 22.7 Å². The summed E-state index contributed by atoms with van der Waals surface area (Å²) >= 11 is 0. The molecule has 0 atom stereocenters. The standard InChI is InChI=1S/C18H38O2/c1-15(2)13-17(5,6)9-11-19-20-12-10-18(7,8)14-16(3)4/h15-16H,9-14H2,1-8H3. The second-order valence-electron chi connectivity index (χ2n) is 8.67. The van der Waals surface area contributed by atoms with Crippen LogP contribution in [0.2, 0.25) is 0 Å². The Balaban J connectivity index is 3.67. The maximum Gasteiger partial charge on any atom is 0.0827 e. The average Bonchev–Trinajstić information content (AvgIpc) is 2.19. The average molecular weight is 286 g/mol. The molecule has 20 heavy (non-hydrogen) atoms. The van der Waals surface area contributed by atoms with Crippen LogP contribution in [0.25, 0.3) is 0 Å². The summed E-state index contributed by atoms with van der Waals surface area (Å²) in [6, 6.07) is 0. The zero-order valence-electron chi connectivity index (χ0n) is 15.2. The van der Waals surface area contributed by atoms with Gasteiger partial charge >= 0.3 is 0 Å². The van der Waals surface area contributed by atoms with Crippen LogP contribution < -0.4 is 0 Å². The monoisotopic (exact) mass is 286 g/mol. The van der Waals surface area contributed by atoms with Gasteiger partial charge in [0.1, 0.15) is 0 Å². The van der Waals surface area contributed by atoms with Gasteiger partial charge in [-0.25, -0.2) is 9.78 Å². The molecule has 2 heteroatoms. The highest BCUT2D eigenvalue weighted by atomic mass is 17.2. The molecule has 0 aliphatic carbocycles. The van der Waals surface area contributed by atoms with Gasteiger partial charge in [0.2, 0.25) is 0 Å². The quantitative estimate of drug-likeness (QED) is 0.269. The molecule has 0 amide bonds. The van der Waals surface area contributed by atoms with Crippen molar-refractivity contribution in [1.82, 2.24) is 0 Å². The Hall–Kier alpha value is -0.0800. The molecule has 0 radical (unpaired) electrons. The fourth-order valence-electron chi connectivity index (χ4n) is 3.17. The lowest BCUT2D eigenvalue weighted by Gasteiger charge is -2.27. The third kappa shape index (κ3) is 11.7. The van der Waals surface area contributed by atoms with Crippen molar-refractivity contribution in [3.63, 3.8) is 0 Å². The number of rotatable bonds is 11. The molecule has 0 saturated heterocycles. The van der Waals surface area contributed by atoms with Gasteiger partial charge in [0.15, 0.2) is 0 Å². The second kappa shape index (κ2) is 9.04. The zero-order valence-corrected chi connectivity index (χ0v) is 15.2. The molecule has 0 unspecified atom stereocenters. The van der Waals surface area contributed by atoms with Crippen LogP contribution in [0.3, 0.4) is 0 Å². The molecule has 122 valence electrons. The van der Waals surface area contributed by atoms with E-state index in [2.05, 4.69) is 55.4 Å². The molecule has 0 saturated carbocycles. The predicted molar refractivity (Wildman–Crippen MR) is 87.6 cm³/mol. The van der Waals surface area contributed by atoms with Gasteiger partial charge in [0.25, 0.3) is 0 Å². The first-order valence-corrected chi connectivity index (χ1v) is 8.28. The van der Waals surface area contributed by atoms with Crippen molar-refractivity contribution < 1.29 is 9.78 Å². The molecule has 0 aromatic carbocycles. The molecule has 0 bridgehead atoms. The Kier molecular flexibility index (Phi) is 9.01. The zero-order chi connectivity index (χ0) is 15.8. The summed E-state index contributed by atoms with van der Waals surface area (Å²) < 4.78 is 0. The maximum absolute atomic E-state index is 5.35. The first-order chi connectivity index (χ1) is 9.04. The van der Waals surface area contributed by atoms with E-state index in [9.17, 15) is 0 Å². The van der Waals surface area contributed by atoms with Crippen molar-refractivity contribution in [2.75, 3.05) is 13.2 Å². The molecular formula is C18H38O2. The first-order valence-electron chi connectivity index (χ1n) is 8.28. The van der Waals surface area contributed by atoms with Crippen LogP contribution in [0.15, 0.2) is 0 Å². The lowest BCUT2D eigenvalue weighted by atomic mass is 9.81. The van der Waals surface area contributed by atoms with Gasteiger partial charge in [-0.1, -0.05) is 55.4 Å². The third-order valence-electron chi connectivity index (χ3n) is 3.73. The maximum atomic E-state index is 5.35. The van der Waals surface area contributed by atoms with Gasteiger partial charge < -0.3 is 0 Å². The van der Waals surface area contributed by atoms with Crippen molar-refractivity contribution in [3.8, 4) is 0 Å². The van der Waals surface area contributed by atoms with E-state index in [0.717, 1.165) is 24.7 Å². The molecule has 0 spiro atoms. The molecule has 0 rings (SSSR count). The van der Waals surface area contributed by atoms with Gasteiger partial charge in [-0.05, 0) is 48.3 Å². The fourth-order valence-corrected chi connectivity index (χ4v) is 3.17. The molecule has 2 nitrogen and oxygen atoms in total. The fraction of sp³-hybridized carbons (Fsp3) is 1.00. The molecule has 0 N–H and O–H groups in total. The normalized spacial score (nSPS) is 13.5. The minimum Gasteiger partial charge on any atom is -0.237 e. The summed E-state index contributed by atoms with van der Waals surface area (Å²) in [5.41, 5.74) is 0.683. The van der Waals surface area contributed by atoms with E-state index in [1.54, 1.807) is 0 Å². The molecule has 0 aliphatic rings. The van der Waals surface area contributed by atoms with E-state index in [1.165, 1.54) is 12.8 Å². The molecular weight excluding hydrogens is 248 g/mol. The van der Waals surface area contributed by atoms with E-state index in [-0.39, 0.29) is 0 Å². The molecule has 0 aromatic rings. The first kappa shape index (κ1) is 19.9. The van der Waals surface area contributed by atoms with Crippen LogP contribution in [-0.2, 0) is 9.78 Å².